The maximum atomic E-state index is 12.6. The van der Waals surface area contributed by atoms with Gasteiger partial charge in [-0.3, -0.25) is 9.59 Å². The number of amides is 1. The summed E-state index contributed by atoms with van der Waals surface area (Å²) in [6, 6.07) is 10.3. The van der Waals surface area contributed by atoms with Gasteiger partial charge in [0.25, 0.3) is 11.5 Å². The number of carbonyl (C=O) groups is 1. The average molecular weight is 436 g/mol. The van der Waals surface area contributed by atoms with Crippen molar-refractivity contribution in [1.82, 2.24) is 4.57 Å². The summed E-state index contributed by atoms with van der Waals surface area (Å²) in [5.41, 5.74) is 1.58. The molecule has 134 valence electrons. The molecule has 2 heterocycles. The normalized spacial score (nSPS) is 10.8. The van der Waals surface area contributed by atoms with E-state index in [1.807, 2.05) is 18.2 Å². The molecular weight excluding hydrogens is 420 g/mol. The maximum absolute atomic E-state index is 12.6. The lowest BCUT2D eigenvalue weighted by molar-refractivity contribution is 0.102. The lowest BCUT2D eigenvalue weighted by Gasteiger charge is -2.10. The van der Waals surface area contributed by atoms with Crippen molar-refractivity contribution in [3.63, 3.8) is 0 Å². The molecule has 0 radical (unpaired) electrons. The number of furan rings is 1. The molecule has 0 aliphatic carbocycles. The zero-order valence-corrected chi connectivity index (χ0v) is 16.5. The van der Waals surface area contributed by atoms with E-state index < -0.39 is 0 Å². The molecule has 0 unspecified atom stereocenters. The molecule has 26 heavy (non-hydrogen) atoms. The van der Waals surface area contributed by atoms with Gasteiger partial charge >= 0.3 is 0 Å². The van der Waals surface area contributed by atoms with Crippen molar-refractivity contribution in [3.05, 3.63) is 85.1 Å². The lowest BCUT2D eigenvalue weighted by atomic mass is 10.2. The number of nitrogens with one attached hydrogen (secondary N) is 1. The number of hydrogen-bond donors (Lipinski definition) is 1. The first kappa shape index (κ1) is 18.5. The van der Waals surface area contributed by atoms with Crippen LogP contribution >= 0.6 is 27.5 Å². The third kappa shape index (κ3) is 3.76. The minimum Gasteiger partial charge on any atom is -0.465 e. The van der Waals surface area contributed by atoms with Crippen LogP contribution in [-0.4, -0.2) is 10.5 Å². The molecule has 5 nitrogen and oxygen atoms in total. The smallest absolute Gasteiger partial charge is 0.260 e. The SMILES string of the molecule is Cc1oc(C)c(C(=O)Nc2ccc(=O)n(Cc3ccccc3Cl)c2)c1Br. The number of aryl methyl sites for hydroxylation is 2. The van der Waals surface area contributed by atoms with Crippen molar-refractivity contribution in [2.75, 3.05) is 5.32 Å². The second-order valence-electron chi connectivity index (χ2n) is 5.83. The van der Waals surface area contributed by atoms with E-state index in [4.69, 9.17) is 16.0 Å². The average Bonchev–Trinajstić information content (AvgIpc) is 2.85. The van der Waals surface area contributed by atoms with Crippen LogP contribution in [0.5, 0.6) is 0 Å². The van der Waals surface area contributed by atoms with Crippen molar-refractivity contribution in [2.24, 2.45) is 0 Å². The van der Waals surface area contributed by atoms with Crippen LogP contribution in [0, 0.1) is 13.8 Å². The van der Waals surface area contributed by atoms with E-state index in [1.165, 1.54) is 10.6 Å². The summed E-state index contributed by atoms with van der Waals surface area (Å²) in [5.74, 6) is 0.849. The molecule has 3 rings (SSSR count). The van der Waals surface area contributed by atoms with Gasteiger partial charge in [-0.1, -0.05) is 29.8 Å². The highest BCUT2D eigenvalue weighted by Gasteiger charge is 2.20. The van der Waals surface area contributed by atoms with Gasteiger partial charge in [0.1, 0.15) is 11.5 Å². The molecule has 0 atom stereocenters. The number of nitrogens with zero attached hydrogens (tertiary/aromatic N) is 1. The van der Waals surface area contributed by atoms with E-state index in [0.29, 0.717) is 38.8 Å². The van der Waals surface area contributed by atoms with Gasteiger partial charge in [-0.2, -0.15) is 0 Å². The first-order valence-electron chi connectivity index (χ1n) is 7.87. The Labute approximate surface area is 163 Å². The molecule has 3 aromatic rings. The van der Waals surface area contributed by atoms with E-state index in [9.17, 15) is 9.59 Å². The predicted octanol–water partition coefficient (Wildman–Crippen LogP) is 4.77. The Morgan fingerprint density at radius 3 is 2.58 bits per heavy atom. The first-order valence-corrected chi connectivity index (χ1v) is 9.04. The number of halogens is 2. The lowest BCUT2D eigenvalue weighted by Crippen LogP contribution is -2.21. The summed E-state index contributed by atoms with van der Waals surface area (Å²) in [4.78, 5) is 24.7. The Kier molecular flexibility index (Phi) is 5.34. The van der Waals surface area contributed by atoms with Gasteiger partial charge < -0.3 is 14.3 Å². The molecule has 0 saturated heterocycles. The Balaban J connectivity index is 1.87. The van der Waals surface area contributed by atoms with E-state index in [-0.39, 0.29) is 11.5 Å². The molecule has 0 bridgehead atoms. The van der Waals surface area contributed by atoms with E-state index in [0.717, 1.165) is 5.56 Å². The number of benzene rings is 1. The second kappa shape index (κ2) is 7.51. The topological polar surface area (TPSA) is 64.2 Å². The van der Waals surface area contributed by atoms with Gasteiger partial charge in [-0.05, 0) is 47.5 Å². The Morgan fingerprint density at radius 1 is 1.19 bits per heavy atom. The Hall–Kier alpha value is -2.31. The molecule has 2 aromatic heterocycles. The largest absolute Gasteiger partial charge is 0.465 e. The van der Waals surface area contributed by atoms with E-state index in [2.05, 4.69) is 21.2 Å². The van der Waals surface area contributed by atoms with Crippen LogP contribution in [0.1, 0.15) is 27.4 Å². The molecule has 0 aliphatic heterocycles. The fraction of sp³-hybridized carbons (Fsp3) is 0.158. The van der Waals surface area contributed by atoms with Gasteiger partial charge in [0.2, 0.25) is 0 Å². The summed E-state index contributed by atoms with van der Waals surface area (Å²) in [7, 11) is 0. The quantitative estimate of drug-likeness (QED) is 0.642. The molecule has 1 amide bonds. The number of rotatable bonds is 4. The molecule has 0 aliphatic rings. The van der Waals surface area contributed by atoms with Crippen LogP contribution in [0.3, 0.4) is 0 Å². The predicted molar refractivity (Wildman–Crippen MR) is 105 cm³/mol. The molecule has 7 heteroatoms. The maximum Gasteiger partial charge on any atom is 0.260 e. The summed E-state index contributed by atoms with van der Waals surface area (Å²) in [5, 5.41) is 3.39. The van der Waals surface area contributed by atoms with E-state index in [1.54, 1.807) is 32.2 Å². The Morgan fingerprint density at radius 2 is 1.92 bits per heavy atom. The second-order valence-corrected chi connectivity index (χ2v) is 7.03. The van der Waals surface area contributed by atoms with Crippen LogP contribution in [-0.2, 0) is 6.54 Å². The van der Waals surface area contributed by atoms with Gasteiger partial charge in [0, 0.05) is 17.3 Å². The zero-order valence-electron chi connectivity index (χ0n) is 14.2. The van der Waals surface area contributed by atoms with Crippen LogP contribution in [0.2, 0.25) is 5.02 Å². The van der Waals surface area contributed by atoms with Crippen LogP contribution in [0.15, 0.2) is 56.3 Å². The third-order valence-electron chi connectivity index (χ3n) is 3.95. The fourth-order valence-electron chi connectivity index (χ4n) is 2.65. The van der Waals surface area contributed by atoms with E-state index >= 15 is 0 Å². The molecular formula is C19H16BrClN2O3. The molecule has 1 N–H and O–H groups in total. The monoisotopic (exact) mass is 434 g/mol. The molecule has 1 aromatic carbocycles. The summed E-state index contributed by atoms with van der Waals surface area (Å²) >= 11 is 9.54. The van der Waals surface area contributed by atoms with Gasteiger partial charge in [0.05, 0.1) is 22.3 Å². The third-order valence-corrected chi connectivity index (χ3v) is 5.28. The fourth-order valence-corrected chi connectivity index (χ4v) is 3.38. The van der Waals surface area contributed by atoms with Crippen molar-refractivity contribution in [1.29, 1.82) is 0 Å². The number of aromatic nitrogens is 1. The highest BCUT2D eigenvalue weighted by atomic mass is 79.9. The summed E-state index contributed by atoms with van der Waals surface area (Å²) < 4.78 is 7.58. The zero-order chi connectivity index (χ0) is 18.8. The highest BCUT2D eigenvalue weighted by Crippen LogP contribution is 2.28. The number of carbonyl (C=O) groups excluding carboxylic acids is 1. The number of anilines is 1. The minimum absolute atomic E-state index is 0.181. The van der Waals surface area contributed by atoms with Crippen molar-refractivity contribution < 1.29 is 9.21 Å². The van der Waals surface area contributed by atoms with Crippen LogP contribution in [0.4, 0.5) is 5.69 Å². The summed E-state index contributed by atoms with van der Waals surface area (Å²) in [6.45, 7) is 3.82. The standard InChI is InChI=1S/C19H16BrClN2O3/c1-11-17(18(20)12(2)26-11)19(25)22-14-7-8-16(24)23(10-14)9-13-5-3-4-6-15(13)21/h3-8,10H,9H2,1-2H3,(H,22,25). The minimum atomic E-state index is -0.311. The number of hydrogen-bond acceptors (Lipinski definition) is 3. The van der Waals surface area contributed by atoms with Crippen molar-refractivity contribution in [3.8, 4) is 0 Å². The van der Waals surface area contributed by atoms with Crippen LogP contribution < -0.4 is 10.9 Å². The van der Waals surface area contributed by atoms with Crippen molar-refractivity contribution in [2.45, 2.75) is 20.4 Å². The van der Waals surface area contributed by atoms with Crippen molar-refractivity contribution >= 4 is 39.1 Å². The van der Waals surface area contributed by atoms with Gasteiger partial charge in [-0.15, -0.1) is 0 Å². The number of pyridine rings is 1. The summed E-state index contributed by atoms with van der Waals surface area (Å²) in [6.07, 6.45) is 1.60. The molecule has 0 saturated carbocycles. The highest BCUT2D eigenvalue weighted by molar-refractivity contribution is 9.10. The Bertz CT molecular complexity index is 1040. The molecule has 0 fully saturated rings. The van der Waals surface area contributed by atoms with Gasteiger partial charge in [0.15, 0.2) is 0 Å². The first-order chi connectivity index (χ1) is 12.4. The van der Waals surface area contributed by atoms with Gasteiger partial charge in [-0.25, -0.2) is 0 Å². The van der Waals surface area contributed by atoms with Crippen LogP contribution in [0.25, 0.3) is 0 Å². The molecule has 0 spiro atoms.